The number of pyridine rings is 1. The number of hydrogen-bond donors (Lipinski definition) is 0. The fourth-order valence-corrected chi connectivity index (χ4v) is 4.00. The molecule has 0 aliphatic heterocycles. The van der Waals surface area contributed by atoms with Crippen molar-refractivity contribution in [3.05, 3.63) is 119 Å². The second-order valence-electron chi connectivity index (χ2n) is 8.72. The monoisotopic (exact) mass is 418 g/mol. The molecule has 0 saturated heterocycles. The zero-order valence-corrected chi connectivity index (χ0v) is 19.3. The fourth-order valence-electron chi connectivity index (χ4n) is 4.00. The number of hydrogen-bond acceptors (Lipinski definition) is 2. The molecule has 4 aromatic rings. The third kappa shape index (κ3) is 4.70. The lowest BCUT2D eigenvalue weighted by Gasteiger charge is -2.18. The van der Waals surface area contributed by atoms with Crippen molar-refractivity contribution in [3.63, 3.8) is 0 Å². The first-order valence-corrected chi connectivity index (χ1v) is 11.3. The largest absolute Gasteiger partial charge is 0.256 e. The lowest BCUT2D eigenvalue weighted by atomic mass is 9.92. The molecule has 0 N–H and O–H groups in total. The van der Waals surface area contributed by atoms with Gasteiger partial charge >= 0.3 is 0 Å². The molecule has 0 atom stereocenters. The van der Waals surface area contributed by atoms with Crippen LogP contribution in [0.3, 0.4) is 0 Å². The number of para-hydroxylation sites is 1. The van der Waals surface area contributed by atoms with Crippen molar-refractivity contribution in [3.8, 4) is 11.3 Å². The Morgan fingerprint density at radius 3 is 1.91 bits per heavy atom. The van der Waals surface area contributed by atoms with E-state index < -0.39 is 0 Å². The Labute approximate surface area is 191 Å². The number of rotatable bonds is 6. The van der Waals surface area contributed by atoms with Crippen LogP contribution < -0.4 is 0 Å². The van der Waals surface area contributed by atoms with Gasteiger partial charge in [-0.25, -0.2) is 4.99 Å². The van der Waals surface area contributed by atoms with Gasteiger partial charge in [-0.1, -0.05) is 100 Å². The normalized spacial score (nSPS) is 11.9. The molecule has 0 fully saturated rings. The van der Waals surface area contributed by atoms with Crippen LogP contribution in [0.1, 0.15) is 61.8 Å². The Morgan fingerprint density at radius 1 is 0.656 bits per heavy atom. The van der Waals surface area contributed by atoms with Crippen LogP contribution in [-0.2, 0) is 0 Å². The third-order valence-electron chi connectivity index (χ3n) is 5.71. The van der Waals surface area contributed by atoms with E-state index in [-0.39, 0.29) is 0 Å². The molecule has 0 spiro atoms. The summed E-state index contributed by atoms with van der Waals surface area (Å²) in [7, 11) is 0. The molecule has 3 aromatic carbocycles. The first kappa shape index (κ1) is 21.7. The van der Waals surface area contributed by atoms with E-state index in [4.69, 9.17) is 4.99 Å². The summed E-state index contributed by atoms with van der Waals surface area (Å²) in [6.07, 6.45) is 1.84. The Morgan fingerprint density at radius 2 is 1.28 bits per heavy atom. The summed E-state index contributed by atoms with van der Waals surface area (Å²) in [6, 6.07) is 31.6. The SMILES string of the molecule is CC(C)c1cccc(C(C)C)c1N=C(c1ccccc1)c1cccc(-c2ccccn2)c1. The van der Waals surface area contributed by atoms with Gasteiger partial charge in [0, 0.05) is 22.9 Å². The number of benzene rings is 3. The first-order valence-electron chi connectivity index (χ1n) is 11.3. The van der Waals surface area contributed by atoms with Crippen molar-refractivity contribution in [1.82, 2.24) is 4.98 Å². The Hall–Kier alpha value is -3.52. The highest BCUT2D eigenvalue weighted by atomic mass is 14.8. The van der Waals surface area contributed by atoms with Gasteiger partial charge in [0.05, 0.1) is 17.1 Å². The molecule has 4 rings (SSSR count). The lowest BCUT2D eigenvalue weighted by molar-refractivity contribution is 0.834. The van der Waals surface area contributed by atoms with E-state index in [0.717, 1.165) is 33.8 Å². The van der Waals surface area contributed by atoms with E-state index in [0.29, 0.717) is 11.8 Å². The van der Waals surface area contributed by atoms with Gasteiger partial charge in [0.1, 0.15) is 0 Å². The van der Waals surface area contributed by atoms with Crippen LogP contribution >= 0.6 is 0 Å². The third-order valence-corrected chi connectivity index (χ3v) is 5.71. The molecule has 2 heteroatoms. The van der Waals surface area contributed by atoms with Gasteiger partial charge in [-0.3, -0.25) is 4.98 Å². The molecule has 0 amide bonds. The molecule has 0 aliphatic rings. The smallest absolute Gasteiger partial charge is 0.0782 e. The van der Waals surface area contributed by atoms with Gasteiger partial charge in [-0.2, -0.15) is 0 Å². The van der Waals surface area contributed by atoms with Crippen molar-refractivity contribution in [1.29, 1.82) is 0 Å². The van der Waals surface area contributed by atoms with Gasteiger partial charge in [-0.15, -0.1) is 0 Å². The minimum atomic E-state index is 0.393. The molecule has 0 bridgehead atoms. The maximum absolute atomic E-state index is 5.37. The first-order chi connectivity index (χ1) is 15.5. The van der Waals surface area contributed by atoms with Crippen LogP contribution in [0, 0.1) is 0 Å². The minimum Gasteiger partial charge on any atom is -0.256 e. The average molecular weight is 419 g/mol. The maximum atomic E-state index is 5.37. The second kappa shape index (κ2) is 9.74. The number of aliphatic imine (C=N–C) groups is 1. The summed E-state index contributed by atoms with van der Waals surface area (Å²) in [5.74, 6) is 0.786. The van der Waals surface area contributed by atoms with Gasteiger partial charge in [0.15, 0.2) is 0 Å². The molecular formula is C30H30N2. The van der Waals surface area contributed by atoms with Gasteiger partial charge < -0.3 is 0 Å². The molecule has 0 radical (unpaired) electrons. The Balaban J connectivity index is 1.95. The van der Waals surface area contributed by atoms with Crippen molar-refractivity contribution in [2.45, 2.75) is 39.5 Å². The highest BCUT2D eigenvalue weighted by molar-refractivity contribution is 6.14. The standard InChI is InChI=1S/C30H30N2/c1-21(2)26-16-11-17-27(22(3)4)30(26)32-29(23-12-6-5-7-13-23)25-15-10-14-24(20-25)28-18-8-9-19-31-28/h5-22H,1-4H3. The maximum Gasteiger partial charge on any atom is 0.0782 e. The van der Waals surface area contributed by atoms with E-state index in [1.165, 1.54) is 11.1 Å². The molecule has 1 heterocycles. The molecule has 2 nitrogen and oxygen atoms in total. The number of aromatic nitrogens is 1. The van der Waals surface area contributed by atoms with Crippen molar-refractivity contribution < 1.29 is 0 Å². The zero-order chi connectivity index (χ0) is 22.5. The van der Waals surface area contributed by atoms with Gasteiger partial charge in [0.2, 0.25) is 0 Å². The lowest BCUT2D eigenvalue weighted by Crippen LogP contribution is -2.05. The highest BCUT2D eigenvalue weighted by Crippen LogP contribution is 2.36. The Bertz CT molecular complexity index is 1180. The molecule has 0 unspecified atom stereocenters. The molecule has 160 valence electrons. The predicted molar refractivity (Wildman–Crippen MR) is 136 cm³/mol. The summed E-state index contributed by atoms with van der Waals surface area (Å²) in [6.45, 7) is 8.95. The quantitative estimate of drug-likeness (QED) is 0.290. The number of nitrogens with zero attached hydrogens (tertiary/aromatic N) is 2. The van der Waals surface area contributed by atoms with Crippen LogP contribution in [0.5, 0.6) is 0 Å². The van der Waals surface area contributed by atoms with E-state index >= 15 is 0 Å². The Kier molecular flexibility index (Phi) is 6.61. The van der Waals surface area contributed by atoms with Crippen molar-refractivity contribution >= 4 is 11.4 Å². The molecular weight excluding hydrogens is 388 g/mol. The summed E-state index contributed by atoms with van der Waals surface area (Å²) in [5.41, 5.74) is 8.90. The summed E-state index contributed by atoms with van der Waals surface area (Å²) in [4.78, 5) is 9.91. The van der Waals surface area contributed by atoms with E-state index in [2.05, 4.69) is 99.4 Å². The van der Waals surface area contributed by atoms with E-state index in [1.54, 1.807) is 0 Å². The molecule has 1 aromatic heterocycles. The topological polar surface area (TPSA) is 25.2 Å². The van der Waals surface area contributed by atoms with Crippen LogP contribution in [0.4, 0.5) is 5.69 Å². The van der Waals surface area contributed by atoms with Crippen LogP contribution in [-0.4, -0.2) is 10.7 Å². The summed E-state index contributed by atoms with van der Waals surface area (Å²) < 4.78 is 0. The average Bonchev–Trinajstić information content (AvgIpc) is 2.83. The van der Waals surface area contributed by atoms with Crippen LogP contribution in [0.2, 0.25) is 0 Å². The zero-order valence-electron chi connectivity index (χ0n) is 19.3. The van der Waals surface area contributed by atoms with Crippen LogP contribution in [0.15, 0.2) is 102 Å². The van der Waals surface area contributed by atoms with E-state index in [9.17, 15) is 0 Å². The van der Waals surface area contributed by atoms with E-state index in [1.807, 2.05) is 30.5 Å². The van der Waals surface area contributed by atoms with Crippen molar-refractivity contribution in [2.75, 3.05) is 0 Å². The highest BCUT2D eigenvalue weighted by Gasteiger charge is 2.16. The molecule has 0 aliphatic carbocycles. The van der Waals surface area contributed by atoms with Crippen LogP contribution in [0.25, 0.3) is 11.3 Å². The summed E-state index contributed by atoms with van der Waals surface area (Å²) >= 11 is 0. The fraction of sp³-hybridized carbons (Fsp3) is 0.200. The van der Waals surface area contributed by atoms with Crippen molar-refractivity contribution in [2.24, 2.45) is 4.99 Å². The van der Waals surface area contributed by atoms with Gasteiger partial charge in [0.25, 0.3) is 0 Å². The predicted octanol–water partition coefficient (Wildman–Crippen LogP) is 8.16. The molecule has 0 saturated carbocycles. The summed E-state index contributed by atoms with van der Waals surface area (Å²) in [5, 5.41) is 0. The molecule has 32 heavy (non-hydrogen) atoms. The minimum absolute atomic E-state index is 0.393. The van der Waals surface area contributed by atoms with Gasteiger partial charge in [-0.05, 0) is 41.2 Å². The second-order valence-corrected chi connectivity index (χ2v) is 8.72.